The highest BCUT2D eigenvalue weighted by molar-refractivity contribution is 6.29. The first kappa shape index (κ1) is 21.3. The number of carbonyl (C=O) groups excluding carboxylic acids is 2. The first-order chi connectivity index (χ1) is 13.7. The molecule has 2 aliphatic rings. The van der Waals surface area contributed by atoms with Gasteiger partial charge in [-0.05, 0) is 12.0 Å². The summed E-state index contributed by atoms with van der Waals surface area (Å²) in [6.07, 6.45) is 0.630. The van der Waals surface area contributed by atoms with Crippen LogP contribution < -0.4 is 0 Å². The van der Waals surface area contributed by atoms with E-state index >= 15 is 0 Å². The molecule has 1 fully saturated rings. The van der Waals surface area contributed by atoms with E-state index in [0.29, 0.717) is 24.1 Å². The Bertz CT molecular complexity index is 904. The number of rotatable bonds is 4. The van der Waals surface area contributed by atoms with Gasteiger partial charge in [0.2, 0.25) is 0 Å². The van der Waals surface area contributed by atoms with Crippen LogP contribution in [0.5, 0.6) is 0 Å². The molecule has 0 radical (unpaired) electrons. The van der Waals surface area contributed by atoms with E-state index in [-0.39, 0.29) is 30.4 Å². The second-order valence-electron chi connectivity index (χ2n) is 7.37. The number of morpholine rings is 1. The Morgan fingerprint density at radius 2 is 1.45 bits per heavy atom. The molecule has 0 atom stereocenters. The van der Waals surface area contributed by atoms with Crippen molar-refractivity contribution in [3.8, 4) is 11.8 Å². The SMILES string of the molecule is Cl.O=C1c2ccccc2C(=O)C1(CC#CCN1CCOCC1)Cc1ccccc1. The lowest BCUT2D eigenvalue weighted by atomic mass is 9.74. The lowest BCUT2D eigenvalue weighted by molar-refractivity contribution is 0.0443. The summed E-state index contributed by atoms with van der Waals surface area (Å²) >= 11 is 0. The molecular formula is C24H24ClNO3. The average Bonchev–Trinajstić information content (AvgIpc) is 2.95. The van der Waals surface area contributed by atoms with Crippen molar-refractivity contribution in [1.29, 1.82) is 0 Å². The van der Waals surface area contributed by atoms with Crippen LogP contribution in [-0.2, 0) is 11.2 Å². The zero-order valence-electron chi connectivity index (χ0n) is 16.2. The maximum Gasteiger partial charge on any atom is 0.178 e. The van der Waals surface area contributed by atoms with Gasteiger partial charge < -0.3 is 4.74 Å². The minimum absolute atomic E-state index is 0. The molecule has 4 nitrogen and oxygen atoms in total. The van der Waals surface area contributed by atoms with E-state index in [4.69, 9.17) is 4.74 Å². The van der Waals surface area contributed by atoms with Gasteiger partial charge >= 0.3 is 0 Å². The average molecular weight is 410 g/mol. The molecule has 0 amide bonds. The molecule has 1 aliphatic carbocycles. The molecule has 0 unspecified atom stereocenters. The van der Waals surface area contributed by atoms with Crippen molar-refractivity contribution in [1.82, 2.24) is 4.90 Å². The largest absolute Gasteiger partial charge is 0.379 e. The van der Waals surface area contributed by atoms with Crippen LogP contribution in [0.1, 0.15) is 32.7 Å². The summed E-state index contributed by atoms with van der Waals surface area (Å²) in [7, 11) is 0. The summed E-state index contributed by atoms with van der Waals surface area (Å²) in [5.41, 5.74) is 0.909. The van der Waals surface area contributed by atoms with Gasteiger partial charge in [0.1, 0.15) is 5.41 Å². The van der Waals surface area contributed by atoms with Gasteiger partial charge in [0.05, 0.1) is 19.8 Å². The summed E-state index contributed by atoms with van der Waals surface area (Å²) in [5, 5.41) is 0. The lowest BCUT2D eigenvalue weighted by Gasteiger charge is -2.25. The summed E-state index contributed by atoms with van der Waals surface area (Å²) in [6, 6.07) is 16.9. The molecule has 4 rings (SSSR count). The third-order valence-corrected chi connectivity index (χ3v) is 5.56. The first-order valence-electron chi connectivity index (χ1n) is 9.69. The van der Waals surface area contributed by atoms with Crippen molar-refractivity contribution in [2.45, 2.75) is 12.8 Å². The van der Waals surface area contributed by atoms with Crippen LogP contribution in [0, 0.1) is 17.3 Å². The van der Waals surface area contributed by atoms with E-state index in [1.165, 1.54) is 0 Å². The molecule has 1 aliphatic heterocycles. The van der Waals surface area contributed by atoms with Gasteiger partial charge in [-0.2, -0.15) is 0 Å². The molecule has 0 aromatic heterocycles. The van der Waals surface area contributed by atoms with Crippen molar-refractivity contribution in [3.63, 3.8) is 0 Å². The maximum absolute atomic E-state index is 13.3. The Kier molecular flexibility index (Phi) is 6.87. The predicted molar refractivity (Wildman–Crippen MR) is 115 cm³/mol. The van der Waals surface area contributed by atoms with Crippen molar-refractivity contribution in [2.75, 3.05) is 32.8 Å². The van der Waals surface area contributed by atoms with Crippen LogP contribution in [0.15, 0.2) is 54.6 Å². The standard InChI is InChI=1S/C24H23NO3.ClH/c26-22-20-10-4-5-11-21(20)23(27)24(22,18-19-8-2-1-3-9-19)12-6-7-13-25-14-16-28-17-15-25;/h1-5,8-11H,12-18H2;1H. The van der Waals surface area contributed by atoms with Gasteiger partial charge in [-0.15, -0.1) is 18.3 Å². The van der Waals surface area contributed by atoms with Crippen LogP contribution >= 0.6 is 12.4 Å². The number of hydrogen-bond donors (Lipinski definition) is 0. The normalized spacial score (nSPS) is 17.8. The van der Waals surface area contributed by atoms with E-state index in [9.17, 15) is 9.59 Å². The highest BCUT2D eigenvalue weighted by atomic mass is 35.5. The number of hydrogen-bond acceptors (Lipinski definition) is 4. The molecule has 5 heteroatoms. The molecule has 0 N–H and O–H groups in total. The minimum Gasteiger partial charge on any atom is -0.379 e. The van der Waals surface area contributed by atoms with E-state index in [1.807, 2.05) is 42.5 Å². The van der Waals surface area contributed by atoms with Crippen LogP contribution in [-0.4, -0.2) is 49.3 Å². The van der Waals surface area contributed by atoms with Crippen molar-refractivity contribution >= 4 is 24.0 Å². The van der Waals surface area contributed by atoms with E-state index < -0.39 is 5.41 Å². The fourth-order valence-corrected chi connectivity index (χ4v) is 3.97. The second-order valence-corrected chi connectivity index (χ2v) is 7.37. The second kappa shape index (κ2) is 9.37. The molecule has 1 saturated heterocycles. The zero-order valence-corrected chi connectivity index (χ0v) is 17.0. The van der Waals surface area contributed by atoms with E-state index in [0.717, 1.165) is 31.9 Å². The highest BCUT2D eigenvalue weighted by Crippen LogP contribution is 2.42. The summed E-state index contributed by atoms with van der Waals surface area (Å²) in [5.74, 6) is 6.13. The smallest absolute Gasteiger partial charge is 0.178 e. The molecule has 0 saturated carbocycles. The number of fused-ring (bicyclic) bond motifs is 1. The zero-order chi connectivity index (χ0) is 19.4. The van der Waals surface area contributed by atoms with Crippen molar-refractivity contribution < 1.29 is 14.3 Å². The fourth-order valence-electron chi connectivity index (χ4n) is 3.97. The maximum atomic E-state index is 13.3. The Morgan fingerprint density at radius 3 is 2.07 bits per heavy atom. The van der Waals surface area contributed by atoms with Crippen LogP contribution in [0.4, 0.5) is 0 Å². The Balaban J connectivity index is 0.00000240. The predicted octanol–water partition coefficient (Wildman–Crippen LogP) is 3.44. The quantitative estimate of drug-likeness (QED) is 0.573. The van der Waals surface area contributed by atoms with Crippen LogP contribution in [0.3, 0.4) is 0 Å². The van der Waals surface area contributed by atoms with Gasteiger partial charge in [0.15, 0.2) is 11.6 Å². The summed E-state index contributed by atoms with van der Waals surface area (Å²) < 4.78 is 5.35. The summed E-state index contributed by atoms with van der Waals surface area (Å²) in [4.78, 5) is 28.9. The lowest BCUT2D eigenvalue weighted by Crippen LogP contribution is -2.37. The number of halogens is 1. The Hall–Kier alpha value is -2.45. The third kappa shape index (κ3) is 4.28. The molecule has 150 valence electrons. The Morgan fingerprint density at radius 1 is 0.862 bits per heavy atom. The topological polar surface area (TPSA) is 46.6 Å². The number of carbonyl (C=O) groups is 2. The van der Waals surface area contributed by atoms with Gasteiger partial charge in [0.25, 0.3) is 0 Å². The Labute approximate surface area is 177 Å². The highest BCUT2D eigenvalue weighted by Gasteiger charge is 2.52. The van der Waals surface area contributed by atoms with Gasteiger partial charge in [0, 0.05) is 30.6 Å². The number of nitrogens with zero attached hydrogens (tertiary/aromatic N) is 1. The minimum atomic E-state index is -1.12. The number of Topliss-reactive ketones (excluding diaryl/α,β-unsaturated/α-hetero) is 2. The first-order valence-corrected chi connectivity index (χ1v) is 9.69. The molecule has 29 heavy (non-hydrogen) atoms. The molecule has 1 heterocycles. The van der Waals surface area contributed by atoms with Crippen LogP contribution in [0.2, 0.25) is 0 Å². The molecular weight excluding hydrogens is 386 g/mol. The number of ketones is 2. The third-order valence-electron chi connectivity index (χ3n) is 5.56. The van der Waals surface area contributed by atoms with Crippen molar-refractivity contribution in [3.05, 3.63) is 71.3 Å². The van der Waals surface area contributed by atoms with E-state index in [1.54, 1.807) is 12.1 Å². The molecule has 2 aromatic carbocycles. The van der Waals surface area contributed by atoms with Gasteiger partial charge in [-0.3, -0.25) is 14.5 Å². The summed E-state index contributed by atoms with van der Waals surface area (Å²) in [6.45, 7) is 3.83. The number of benzene rings is 2. The van der Waals surface area contributed by atoms with Gasteiger partial charge in [-0.1, -0.05) is 60.5 Å². The fraction of sp³-hybridized carbons (Fsp3) is 0.333. The van der Waals surface area contributed by atoms with Gasteiger partial charge in [-0.25, -0.2) is 0 Å². The molecule has 0 spiro atoms. The van der Waals surface area contributed by atoms with Crippen LogP contribution in [0.25, 0.3) is 0 Å². The van der Waals surface area contributed by atoms with E-state index in [2.05, 4.69) is 16.7 Å². The monoisotopic (exact) mass is 409 g/mol. The molecule has 0 bridgehead atoms. The number of ether oxygens (including phenoxy) is 1. The van der Waals surface area contributed by atoms with Crippen molar-refractivity contribution in [2.24, 2.45) is 5.41 Å². The molecule has 2 aromatic rings.